The summed E-state index contributed by atoms with van der Waals surface area (Å²) in [5, 5.41) is 9.27. The molecule has 2 N–H and O–H groups in total. The zero-order chi connectivity index (χ0) is 19.3. The fraction of sp³-hybridized carbons (Fsp3) is 0.167. The Morgan fingerprint density at radius 3 is 2.59 bits per heavy atom. The number of pyridine rings is 1. The first-order chi connectivity index (χ1) is 13.0. The van der Waals surface area contributed by atoms with E-state index in [4.69, 9.17) is 4.74 Å². The van der Waals surface area contributed by atoms with E-state index in [2.05, 4.69) is 19.7 Å². The molecule has 0 fully saturated rings. The van der Waals surface area contributed by atoms with Gasteiger partial charge in [-0.15, -0.1) is 0 Å². The molecule has 2 aromatic heterocycles. The number of hydrogen-bond donors (Lipinski definition) is 2. The third-order valence-corrected chi connectivity index (χ3v) is 4.97. The summed E-state index contributed by atoms with van der Waals surface area (Å²) in [4.78, 5) is 12.2. The molecule has 27 heavy (non-hydrogen) atoms. The van der Waals surface area contributed by atoms with E-state index in [0.29, 0.717) is 0 Å². The van der Waals surface area contributed by atoms with Crippen LogP contribution in [-0.2, 0) is 23.2 Å². The normalized spacial score (nSPS) is 11.2. The topological polar surface area (TPSA) is 114 Å². The Morgan fingerprint density at radius 1 is 1.15 bits per heavy atom. The summed E-state index contributed by atoms with van der Waals surface area (Å²) in [5.74, 6) is -0.0854. The van der Waals surface area contributed by atoms with Gasteiger partial charge < -0.3 is 9.84 Å². The molecule has 0 aliphatic rings. The summed E-state index contributed by atoms with van der Waals surface area (Å²) < 4.78 is 33.2. The van der Waals surface area contributed by atoms with Crippen LogP contribution in [0.3, 0.4) is 0 Å². The maximum Gasteiger partial charge on any atom is 0.263 e. The lowest BCUT2D eigenvalue weighted by Crippen LogP contribution is -2.16. The van der Waals surface area contributed by atoms with Crippen molar-refractivity contribution in [2.75, 3.05) is 4.72 Å². The van der Waals surface area contributed by atoms with Gasteiger partial charge in [-0.25, -0.2) is 18.4 Å². The van der Waals surface area contributed by atoms with Gasteiger partial charge in [-0.3, -0.25) is 9.71 Å². The molecule has 0 aliphatic carbocycles. The Kier molecular flexibility index (Phi) is 5.63. The fourth-order valence-electron chi connectivity index (χ4n) is 2.19. The van der Waals surface area contributed by atoms with Gasteiger partial charge in [-0.2, -0.15) is 0 Å². The Morgan fingerprint density at radius 2 is 1.93 bits per heavy atom. The van der Waals surface area contributed by atoms with E-state index in [1.165, 1.54) is 18.3 Å². The summed E-state index contributed by atoms with van der Waals surface area (Å²) in [6.45, 7) is 1.64. The zero-order valence-electron chi connectivity index (χ0n) is 14.5. The highest BCUT2D eigenvalue weighted by molar-refractivity contribution is 7.92. The maximum atomic E-state index is 12.6. The highest BCUT2D eigenvalue weighted by atomic mass is 32.2. The monoisotopic (exact) mass is 386 g/mol. The van der Waals surface area contributed by atoms with Crippen molar-refractivity contribution in [3.63, 3.8) is 0 Å². The largest absolute Gasteiger partial charge is 0.470 e. The Balaban J connectivity index is 1.86. The summed E-state index contributed by atoms with van der Waals surface area (Å²) in [6.07, 6.45) is 4.54. The average molecular weight is 386 g/mol. The van der Waals surface area contributed by atoms with Crippen molar-refractivity contribution in [1.29, 1.82) is 0 Å². The van der Waals surface area contributed by atoms with Crippen LogP contribution in [0.1, 0.15) is 16.8 Å². The SMILES string of the molecule is Cc1ccc(S(=O)(=O)Nc2ncc(CO)nc2OCc2cccnc2)cc1. The highest BCUT2D eigenvalue weighted by Gasteiger charge is 2.19. The molecule has 0 unspecified atom stereocenters. The van der Waals surface area contributed by atoms with Crippen LogP contribution >= 0.6 is 0 Å². The standard InChI is InChI=1S/C18H18N4O4S/c1-13-4-6-16(7-5-13)27(24,25)22-17-18(21-15(11-23)10-20-17)26-12-14-3-2-8-19-9-14/h2-10,23H,11-12H2,1H3,(H,20,22). The molecule has 0 saturated heterocycles. The lowest BCUT2D eigenvalue weighted by atomic mass is 10.2. The Labute approximate surface area is 157 Å². The van der Waals surface area contributed by atoms with Gasteiger partial charge in [-0.1, -0.05) is 23.8 Å². The molecular formula is C18H18N4O4S. The number of aliphatic hydroxyl groups is 1. The van der Waals surface area contributed by atoms with Crippen molar-refractivity contribution in [2.45, 2.75) is 25.0 Å². The number of sulfonamides is 1. The molecule has 1 aromatic carbocycles. The second kappa shape index (κ2) is 8.11. The number of hydrogen-bond acceptors (Lipinski definition) is 7. The second-order valence-corrected chi connectivity index (χ2v) is 7.42. The second-order valence-electron chi connectivity index (χ2n) is 5.74. The van der Waals surface area contributed by atoms with Crippen LogP contribution in [0.25, 0.3) is 0 Å². The summed E-state index contributed by atoms with van der Waals surface area (Å²) in [7, 11) is -3.86. The van der Waals surface area contributed by atoms with E-state index in [0.717, 1.165) is 11.1 Å². The Bertz CT molecular complexity index is 1010. The average Bonchev–Trinajstić information content (AvgIpc) is 2.68. The van der Waals surface area contributed by atoms with E-state index in [1.54, 1.807) is 30.6 Å². The number of nitrogens with zero attached hydrogens (tertiary/aromatic N) is 3. The van der Waals surface area contributed by atoms with Crippen molar-refractivity contribution in [1.82, 2.24) is 15.0 Å². The molecule has 0 spiro atoms. The minimum absolute atomic E-state index is 0.0268. The molecule has 3 aromatic rings. The van der Waals surface area contributed by atoms with Gasteiger partial charge in [-0.05, 0) is 25.1 Å². The predicted octanol–water partition coefficient (Wildman–Crippen LogP) is 2.05. The number of rotatable bonds is 7. The smallest absolute Gasteiger partial charge is 0.263 e. The number of anilines is 1. The molecule has 2 heterocycles. The number of aliphatic hydroxyl groups excluding tert-OH is 1. The van der Waals surface area contributed by atoms with Gasteiger partial charge in [0.25, 0.3) is 15.9 Å². The number of nitrogens with one attached hydrogen (secondary N) is 1. The number of benzene rings is 1. The molecule has 0 aliphatic heterocycles. The third kappa shape index (κ3) is 4.78. The van der Waals surface area contributed by atoms with Gasteiger partial charge >= 0.3 is 0 Å². The minimum Gasteiger partial charge on any atom is -0.470 e. The van der Waals surface area contributed by atoms with E-state index < -0.39 is 10.0 Å². The first-order valence-electron chi connectivity index (χ1n) is 8.06. The summed E-state index contributed by atoms with van der Waals surface area (Å²) in [6, 6.07) is 9.98. The van der Waals surface area contributed by atoms with Crippen LogP contribution in [0.5, 0.6) is 5.88 Å². The molecular weight excluding hydrogens is 368 g/mol. The maximum absolute atomic E-state index is 12.6. The van der Waals surface area contributed by atoms with E-state index in [1.807, 2.05) is 13.0 Å². The predicted molar refractivity (Wildman–Crippen MR) is 98.5 cm³/mol. The van der Waals surface area contributed by atoms with Crippen LogP contribution in [0.15, 0.2) is 59.9 Å². The van der Waals surface area contributed by atoms with Crippen LogP contribution in [0.2, 0.25) is 0 Å². The van der Waals surface area contributed by atoms with Gasteiger partial charge in [0.2, 0.25) is 5.82 Å². The van der Waals surface area contributed by atoms with E-state index in [-0.39, 0.29) is 35.5 Å². The first kappa shape index (κ1) is 18.7. The lowest BCUT2D eigenvalue weighted by Gasteiger charge is -2.13. The molecule has 9 heteroatoms. The molecule has 0 bridgehead atoms. The van der Waals surface area contributed by atoms with E-state index >= 15 is 0 Å². The minimum atomic E-state index is -3.86. The molecule has 0 saturated carbocycles. The fourth-order valence-corrected chi connectivity index (χ4v) is 3.20. The molecule has 3 rings (SSSR count). The van der Waals surface area contributed by atoms with Crippen molar-refractivity contribution < 1.29 is 18.3 Å². The highest BCUT2D eigenvalue weighted by Crippen LogP contribution is 2.24. The third-order valence-electron chi connectivity index (χ3n) is 3.61. The van der Waals surface area contributed by atoms with Crippen molar-refractivity contribution in [2.24, 2.45) is 0 Å². The van der Waals surface area contributed by atoms with Crippen LogP contribution in [0, 0.1) is 6.92 Å². The summed E-state index contributed by atoms with van der Waals surface area (Å²) in [5.41, 5.74) is 1.98. The Hall–Kier alpha value is -3.04. The van der Waals surface area contributed by atoms with Crippen LogP contribution in [-0.4, -0.2) is 28.5 Å². The quantitative estimate of drug-likeness (QED) is 0.639. The zero-order valence-corrected chi connectivity index (χ0v) is 15.3. The van der Waals surface area contributed by atoms with Crippen LogP contribution < -0.4 is 9.46 Å². The molecule has 140 valence electrons. The van der Waals surface area contributed by atoms with Crippen molar-refractivity contribution >= 4 is 15.8 Å². The number of aryl methyl sites for hydroxylation is 1. The van der Waals surface area contributed by atoms with Crippen molar-refractivity contribution in [3.05, 3.63) is 71.8 Å². The first-order valence-corrected chi connectivity index (χ1v) is 9.54. The molecule has 8 nitrogen and oxygen atoms in total. The number of ether oxygens (including phenoxy) is 1. The van der Waals surface area contributed by atoms with Gasteiger partial charge in [0, 0.05) is 18.0 Å². The molecule has 0 radical (unpaired) electrons. The van der Waals surface area contributed by atoms with Gasteiger partial charge in [0.15, 0.2) is 0 Å². The van der Waals surface area contributed by atoms with Crippen molar-refractivity contribution in [3.8, 4) is 5.88 Å². The van der Waals surface area contributed by atoms with Gasteiger partial charge in [0.1, 0.15) is 6.61 Å². The van der Waals surface area contributed by atoms with Crippen LogP contribution in [0.4, 0.5) is 5.82 Å². The molecule has 0 atom stereocenters. The van der Waals surface area contributed by atoms with E-state index in [9.17, 15) is 13.5 Å². The number of aromatic nitrogens is 3. The van der Waals surface area contributed by atoms with Gasteiger partial charge in [0.05, 0.1) is 23.4 Å². The molecule has 0 amide bonds. The summed E-state index contributed by atoms with van der Waals surface area (Å²) >= 11 is 0. The lowest BCUT2D eigenvalue weighted by molar-refractivity contribution is 0.265.